The molecule has 1 aliphatic rings. The zero-order chi connectivity index (χ0) is 14.3. The molecule has 1 unspecified atom stereocenters. The minimum atomic E-state index is -4.02. The second kappa shape index (κ2) is 4.58. The van der Waals surface area contributed by atoms with Crippen LogP contribution in [0.4, 0.5) is 10.1 Å². The van der Waals surface area contributed by atoms with E-state index >= 15 is 0 Å². The molecule has 0 spiro atoms. The number of nitrogen functional groups attached to an aromatic ring is 1. The molecule has 0 bridgehead atoms. The van der Waals surface area contributed by atoms with Gasteiger partial charge in [0.25, 0.3) is 0 Å². The van der Waals surface area contributed by atoms with Gasteiger partial charge in [-0.3, -0.25) is 0 Å². The SMILES string of the molecule is Nc1cc(F)cc(S(=O)(=O)NC2C=CS(=O)(=O)C2)c1. The van der Waals surface area contributed by atoms with Gasteiger partial charge in [-0.25, -0.2) is 25.9 Å². The van der Waals surface area contributed by atoms with Gasteiger partial charge in [0.1, 0.15) is 5.82 Å². The average molecular weight is 306 g/mol. The Balaban J connectivity index is 2.27. The summed E-state index contributed by atoms with van der Waals surface area (Å²) in [6, 6.07) is 2.03. The maximum absolute atomic E-state index is 13.1. The number of anilines is 1. The average Bonchev–Trinajstić information content (AvgIpc) is 2.55. The monoisotopic (exact) mass is 306 g/mol. The molecule has 0 saturated heterocycles. The van der Waals surface area contributed by atoms with Crippen LogP contribution in [-0.2, 0) is 19.9 Å². The van der Waals surface area contributed by atoms with Crippen LogP contribution < -0.4 is 10.5 Å². The van der Waals surface area contributed by atoms with Crippen molar-refractivity contribution in [1.29, 1.82) is 0 Å². The predicted molar refractivity (Wildman–Crippen MR) is 67.8 cm³/mol. The molecule has 1 aromatic rings. The summed E-state index contributed by atoms with van der Waals surface area (Å²) in [4.78, 5) is -0.345. The fourth-order valence-corrected chi connectivity index (χ4v) is 4.25. The van der Waals surface area contributed by atoms with Gasteiger partial charge in [0.15, 0.2) is 9.84 Å². The summed E-state index contributed by atoms with van der Waals surface area (Å²) in [6.45, 7) is 0. The Kier molecular flexibility index (Phi) is 3.37. The molecule has 1 atom stereocenters. The summed E-state index contributed by atoms with van der Waals surface area (Å²) in [5.74, 6) is -1.13. The van der Waals surface area contributed by atoms with Crippen molar-refractivity contribution in [2.24, 2.45) is 0 Å². The Morgan fingerprint density at radius 1 is 1.32 bits per heavy atom. The number of benzene rings is 1. The van der Waals surface area contributed by atoms with E-state index < -0.39 is 31.7 Å². The van der Waals surface area contributed by atoms with E-state index in [0.717, 1.165) is 23.6 Å². The fraction of sp³-hybridized carbons (Fsp3) is 0.200. The third-order valence-electron chi connectivity index (χ3n) is 2.44. The van der Waals surface area contributed by atoms with Gasteiger partial charge < -0.3 is 5.73 Å². The summed E-state index contributed by atoms with van der Waals surface area (Å²) >= 11 is 0. The smallest absolute Gasteiger partial charge is 0.241 e. The fourth-order valence-electron chi connectivity index (χ4n) is 1.66. The zero-order valence-electron chi connectivity index (χ0n) is 9.58. The standard InChI is InChI=1S/C10H11FN2O4S2/c11-7-3-8(12)5-10(4-7)19(16,17)13-9-1-2-18(14,15)6-9/h1-5,9,13H,6,12H2. The maximum atomic E-state index is 13.1. The number of hydrogen-bond acceptors (Lipinski definition) is 5. The van der Waals surface area contributed by atoms with Crippen LogP contribution in [0.5, 0.6) is 0 Å². The molecule has 0 fully saturated rings. The largest absolute Gasteiger partial charge is 0.399 e. The van der Waals surface area contributed by atoms with Crippen molar-refractivity contribution in [1.82, 2.24) is 4.72 Å². The highest BCUT2D eigenvalue weighted by atomic mass is 32.2. The maximum Gasteiger partial charge on any atom is 0.241 e. The molecule has 6 nitrogen and oxygen atoms in total. The molecule has 0 saturated carbocycles. The minimum Gasteiger partial charge on any atom is -0.399 e. The van der Waals surface area contributed by atoms with E-state index in [-0.39, 0.29) is 16.3 Å². The van der Waals surface area contributed by atoms with Gasteiger partial charge in [0.05, 0.1) is 16.7 Å². The molecule has 104 valence electrons. The first-order chi connectivity index (χ1) is 8.68. The van der Waals surface area contributed by atoms with Gasteiger partial charge in [-0.1, -0.05) is 6.08 Å². The first-order valence-electron chi connectivity index (χ1n) is 5.17. The number of nitrogens with one attached hydrogen (secondary N) is 1. The lowest BCUT2D eigenvalue weighted by Gasteiger charge is -2.11. The van der Waals surface area contributed by atoms with Gasteiger partial charge in [0, 0.05) is 11.1 Å². The first kappa shape index (κ1) is 14.0. The van der Waals surface area contributed by atoms with Gasteiger partial charge in [-0.15, -0.1) is 0 Å². The molecule has 1 heterocycles. The van der Waals surface area contributed by atoms with E-state index in [9.17, 15) is 21.2 Å². The second-order valence-electron chi connectivity index (χ2n) is 4.11. The number of rotatable bonds is 3. The Morgan fingerprint density at radius 2 is 2.00 bits per heavy atom. The molecular weight excluding hydrogens is 295 g/mol. The van der Waals surface area contributed by atoms with E-state index in [1.165, 1.54) is 6.08 Å². The Hall–Kier alpha value is -1.45. The summed E-state index contributed by atoms with van der Waals surface area (Å²) in [6.07, 6.45) is 1.23. The normalized spacial score (nSPS) is 21.6. The van der Waals surface area contributed by atoms with Crippen LogP contribution in [0, 0.1) is 5.82 Å². The van der Waals surface area contributed by atoms with E-state index in [1.807, 2.05) is 0 Å². The minimum absolute atomic E-state index is 0.0324. The second-order valence-corrected chi connectivity index (χ2v) is 7.75. The van der Waals surface area contributed by atoms with Crippen molar-refractivity contribution in [2.75, 3.05) is 11.5 Å². The topological polar surface area (TPSA) is 106 Å². The van der Waals surface area contributed by atoms with Crippen LogP contribution in [0.1, 0.15) is 0 Å². The van der Waals surface area contributed by atoms with E-state index in [1.54, 1.807) is 0 Å². The van der Waals surface area contributed by atoms with Crippen LogP contribution in [0.25, 0.3) is 0 Å². The van der Waals surface area contributed by atoms with Gasteiger partial charge in [-0.2, -0.15) is 0 Å². The van der Waals surface area contributed by atoms with Crippen molar-refractivity contribution < 1.29 is 21.2 Å². The summed E-state index contributed by atoms with van der Waals surface area (Å²) in [7, 11) is -7.40. The number of nitrogens with two attached hydrogens (primary N) is 1. The molecule has 1 aromatic carbocycles. The lowest BCUT2D eigenvalue weighted by atomic mass is 10.3. The van der Waals surface area contributed by atoms with E-state index in [0.29, 0.717) is 0 Å². The molecule has 19 heavy (non-hydrogen) atoms. The molecule has 3 N–H and O–H groups in total. The molecule has 0 aromatic heterocycles. The van der Waals surface area contributed by atoms with Crippen LogP contribution in [0.2, 0.25) is 0 Å². The Labute approximate surface area is 110 Å². The Morgan fingerprint density at radius 3 is 2.53 bits per heavy atom. The van der Waals surface area contributed by atoms with E-state index in [4.69, 9.17) is 5.73 Å². The number of hydrogen-bond donors (Lipinski definition) is 2. The van der Waals surface area contributed by atoms with Crippen molar-refractivity contribution in [2.45, 2.75) is 10.9 Å². The zero-order valence-corrected chi connectivity index (χ0v) is 11.2. The quantitative estimate of drug-likeness (QED) is 0.764. The molecule has 0 radical (unpaired) electrons. The van der Waals surface area contributed by atoms with Crippen molar-refractivity contribution in [3.05, 3.63) is 35.5 Å². The number of halogens is 1. The van der Waals surface area contributed by atoms with Crippen LogP contribution in [0.15, 0.2) is 34.6 Å². The highest BCUT2D eigenvalue weighted by Crippen LogP contribution is 2.17. The lowest BCUT2D eigenvalue weighted by molar-refractivity contribution is 0.571. The highest BCUT2D eigenvalue weighted by molar-refractivity contribution is 7.94. The third-order valence-corrected chi connectivity index (χ3v) is 5.31. The van der Waals surface area contributed by atoms with Crippen molar-refractivity contribution >= 4 is 25.5 Å². The molecular formula is C10H11FN2O4S2. The summed E-state index contributed by atoms with van der Waals surface area (Å²) < 4.78 is 61.5. The predicted octanol–water partition coefficient (Wildman–Crippen LogP) is -0.00310. The third kappa shape index (κ3) is 3.31. The summed E-state index contributed by atoms with van der Waals surface area (Å²) in [5.41, 5.74) is 5.33. The van der Waals surface area contributed by atoms with Crippen molar-refractivity contribution in [3.63, 3.8) is 0 Å². The van der Waals surface area contributed by atoms with E-state index in [2.05, 4.69) is 4.72 Å². The summed E-state index contributed by atoms with van der Waals surface area (Å²) in [5, 5.41) is 0.945. The molecule has 9 heteroatoms. The van der Waals surface area contributed by atoms with Gasteiger partial charge >= 0.3 is 0 Å². The molecule has 1 aliphatic heterocycles. The molecule has 0 aliphatic carbocycles. The highest BCUT2D eigenvalue weighted by Gasteiger charge is 2.27. The van der Waals surface area contributed by atoms with Gasteiger partial charge in [-0.05, 0) is 18.2 Å². The first-order valence-corrected chi connectivity index (χ1v) is 8.37. The molecule has 0 amide bonds. The van der Waals surface area contributed by atoms with Crippen LogP contribution in [0.3, 0.4) is 0 Å². The number of sulfone groups is 1. The van der Waals surface area contributed by atoms with Crippen LogP contribution in [-0.4, -0.2) is 28.6 Å². The van der Waals surface area contributed by atoms with Crippen molar-refractivity contribution in [3.8, 4) is 0 Å². The molecule has 2 rings (SSSR count). The number of sulfonamides is 1. The van der Waals surface area contributed by atoms with Crippen LogP contribution >= 0.6 is 0 Å². The lowest BCUT2D eigenvalue weighted by Crippen LogP contribution is -2.35. The Bertz CT molecular complexity index is 721. The van der Waals surface area contributed by atoms with Gasteiger partial charge in [0.2, 0.25) is 10.0 Å².